The fourth-order valence-corrected chi connectivity index (χ4v) is 3.65. The van der Waals surface area contributed by atoms with E-state index in [1.165, 1.54) is 16.7 Å². The molecule has 1 aliphatic heterocycles. The third-order valence-corrected chi connectivity index (χ3v) is 5.02. The molecule has 1 fully saturated rings. The van der Waals surface area contributed by atoms with Crippen LogP contribution < -0.4 is 5.56 Å². The molecule has 1 aliphatic rings. The van der Waals surface area contributed by atoms with E-state index in [1.54, 1.807) is 24.7 Å². The number of carbonyl (C=O) groups excluding carboxylic acids is 1. The largest absolute Gasteiger partial charge is 0.376 e. The van der Waals surface area contributed by atoms with Crippen LogP contribution in [0.3, 0.4) is 0 Å². The van der Waals surface area contributed by atoms with Crippen molar-refractivity contribution in [3.8, 4) is 0 Å². The Morgan fingerprint density at radius 3 is 2.92 bits per heavy atom. The number of hydrogen-bond acceptors (Lipinski definition) is 5. The highest BCUT2D eigenvalue weighted by Gasteiger charge is 2.20. The van der Waals surface area contributed by atoms with Crippen LogP contribution >= 0.6 is 11.8 Å². The van der Waals surface area contributed by atoms with Gasteiger partial charge in [-0.3, -0.25) is 14.2 Å². The number of para-hydroxylation sites is 1. The number of hydrogen-bond donors (Lipinski definition) is 0. The highest BCUT2D eigenvalue weighted by Crippen LogP contribution is 2.21. The Bertz CT molecular complexity index is 797. The average Bonchev–Trinajstić information content (AvgIpc) is 3.08. The van der Waals surface area contributed by atoms with Crippen molar-refractivity contribution in [3.63, 3.8) is 0 Å². The Hall–Kier alpha value is -1.86. The molecule has 0 unspecified atom stereocenters. The number of amides is 1. The van der Waals surface area contributed by atoms with Crippen molar-refractivity contribution in [2.24, 2.45) is 0 Å². The molecule has 0 saturated carbocycles. The van der Waals surface area contributed by atoms with E-state index in [2.05, 4.69) is 4.98 Å². The first-order chi connectivity index (χ1) is 11.6. The van der Waals surface area contributed by atoms with Gasteiger partial charge in [0.2, 0.25) is 5.91 Å². The first-order valence-corrected chi connectivity index (χ1v) is 8.99. The molecule has 2 heterocycles. The molecule has 1 atom stereocenters. The van der Waals surface area contributed by atoms with Gasteiger partial charge in [-0.05, 0) is 25.0 Å². The number of benzene rings is 1. The predicted octanol–water partition coefficient (Wildman–Crippen LogP) is 1.76. The van der Waals surface area contributed by atoms with Gasteiger partial charge < -0.3 is 9.64 Å². The van der Waals surface area contributed by atoms with E-state index >= 15 is 0 Å². The third-order valence-electron chi connectivity index (χ3n) is 4.06. The van der Waals surface area contributed by atoms with E-state index in [-0.39, 0.29) is 23.3 Å². The van der Waals surface area contributed by atoms with E-state index in [0.717, 1.165) is 19.4 Å². The molecule has 6 nitrogen and oxygen atoms in total. The second-order valence-corrected chi connectivity index (χ2v) is 6.98. The second kappa shape index (κ2) is 7.36. The lowest BCUT2D eigenvalue weighted by atomic mass is 10.2. The zero-order valence-corrected chi connectivity index (χ0v) is 14.7. The smallest absolute Gasteiger partial charge is 0.262 e. The number of ether oxygens (including phenoxy) is 1. The number of fused-ring (bicyclic) bond motifs is 1. The number of thioether (sulfide) groups is 1. The molecule has 2 aromatic rings. The topological polar surface area (TPSA) is 64.4 Å². The van der Waals surface area contributed by atoms with E-state index in [9.17, 15) is 9.59 Å². The van der Waals surface area contributed by atoms with Crippen LogP contribution in [-0.2, 0) is 16.1 Å². The zero-order chi connectivity index (χ0) is 17.1. The van der Waals surface area contributed by atoms with Gasteiger partial charge in [0.1, 0.15) is 0 Å². The van der Waals surface area contributed by atoms with Crippen molar-refractivity contribution in [1.82, 2.24) is 14.5 Å². The van der Waals surface area contributed by atoms with Gasteiger partial charge in [-0.2, -0.15) is 0 Å². The summed E-state index contributed by atoms with van der Waals surface area (Å²) in [6, 6.07) is 7.31. The fraction of sp³-hybridized carbons (Fsp3) is 0.471. The lowest BCUT2D eigenvalue weighted by Gasteiger charge is -2.17. The van der Waals surface area contributed by atoms with Crippen LogP contribution in [-0.4, -0.2) is 52.9 Å². The summed E-state index contributed by atoms with van der Waals surface area (Å²) in [6.45, 7) is 1.22. The Kier molecular flexibility index (Phi) is 5.20. The molecule has 128 valence electrons. The van der Waals surface area contributed by atoms with Crippen LogP contribution in [0.25, 0.3) is 10.9 Å². The maximum absolute atomic E-state index is 12.9. The maximum Gasteiger partial charge on any atom is 0.262 e. The van der Waals surface area contributed by atoms with Gasteiger partial charge in [-0.1, -0.05) is 23.9 Å². The van der Waals surface area contributed by atoms with Crippen LogP contribution in [0.15, 0.2) is 34.2 Å². The summed E-state index contributed by atoms with van der Waals surface area (Å²) in [5.74, 6) is 0.245. The molecule has 1 aromatic carbocycles. The van der Waals surface area contributed by atoms with Crippen molar-refractivity contribution in [1.29, 1.82) is 0 Å². The molecular formula is C17H21N3O3S. The molecule has 1 saturated heterocycles. The van der Waals surface area contributed by atoms with E-state index in [0.29, 0.717) is 22.6 Å². The molecule has 24 heavy (non-hydrogen) atoms. The van der Waals surface area contributed by atoms with Crippen LogP contribution in [0.2, 0.25) is 0 Å². The summed E-state index contributed by atoms with van der Waals surface area (Å²) >= 11 is 1.30. The standard InChI is InChI=1S/C17H21N3O3S/c1-19(2)15(21)11-24-17-18-14-8-4-3-7-13(14)16(22)20(17)10-12-6-5-9-23-12/h3-4,7-8,12H,5-6,9-11H2,1-2H3/t12-/m1/s1. The Balaban J connectivity index is 1.97. The minimum atomic E-state index is -0.0732. The van der Waals surface area contributed by atoms with Gasteiger partial charge in [0.05, 0.1) is 29.3 Å². The minimum absolute atomic E-state index is 0.00826. The summed E-state index contributed by atoms with van der Waals surface area (Å²) < 4.78 is 7.33. The quantitative estimate of drug-likeness (QED) is 0.609. The predicted molar refractivity (Wildman–Crippen MR) is 94.4 cm³/mol. The highest BCUT2D eigenvalue weighted by atomic mass is 32.2. The summed E-state index contributed by atoms with van der Waals surface area (Å²) in [5, 5.41) is 1.17. The average molecular weight is 347 g/mol. The van der Waals surface area contributed by atoms with Gasteiger partial charge in [-0.15, -0.1) is 0 Å². The monoisotopic (exact) mass is 347 g/mol. The fourth-order valence-electron chi connectivity index (χ4n) is 2.67. The van der Waals surface area contributed by atoms with Crippen molar-refractivity contribution < 1.29 is 9.53 Å². The Morgan fingerprint density at radius 1 is 1.42 bits per heavy atom. The van der Waals surface area contributed by atoms with Crippen LogP contribution in [0.4, 0.5) is 0 Å². The SMILES string of the molecule is CN(C)C(=O)CSc1nc2ccccc2c(=O)n1C[C@H]1CCCO1. The maximum atomic E-state index is 12.9. The van der Waals surface area contributed by atoms with Crippen LogP contribution in [0.1, 0.15) is 12.8 Å². The molecule has 3 rings (SSSR count). The number of aromatic nitrogens is 2. The van der Waals surface area contributed by atoms with E-state index in [4.69, 9.17) is 4.74 Å². The lowest BCUT2D eigenvalue weighted by Crippen LogP contribution is -2.29. The molecule has 0 radical (unpaired) electrons. The van der Waals surface area contributed by atoms with Gasteiger partial charge in [0.25, 0.3) is 5.56 Å². The van der Waals surface area contributed by atoms with Gasteiger partial charge in [0.15, 0.2) is 5.16 Å². The lowest BCUT2D eigenvalue weighted by molar-refractivity contribution is -0.125. The normalized spacial score (nSPS) is 17.3. The first kappa shape index (κ1) is 17.0. The van der Waals surface area contributed by atoms with Gasteiger partial charge >= 0.3 is 0 Å². The van der Waals surface area contributed by atoms with Crippen molar-refractivity contribution in [2.75, 3.05) is 26.5 Å². The van der Waals surface area contributed by atoms with Gasteiger partial charge in [-0.25, -0.2) is 4.98 Å². The highest BCUT2D eigenvalue weighted by molar-refractivity contribution is 7.99. The van der Waals surface area contributed by atoms with E-state index in [1.807, 2.05) is 18.2 Å². The minimum Gasteiger partial charge on any atom is -0.376 e. The summed E-state index contributed by atoms with van der Waals surface area (Å²) in [5.41, 5.74) is 0.585. The summed E-state index contributed by atoms with van der Waals surface area (Å²) in [7, 11) is 3.44. The molecule has 1 amide bonds. The summed E-state index contributed by atoms with van der Waals surface area (Å²) in [6.07, 6.45) is 2.00. The van der Waals surface area contributed by atoms with Crippen LogP contribution in [0, 0.1) is 0 Å². The van der Waals surface area contributed by atoms with Gasteiger partial charge in [0, 0.05) is 20.7 Å². The molecule has 0 bridgehead atoms. The number of nitrogens with zero attached hydrogens (tertiary/aromatic N) is 3. The molecule has 7 heteroatoms. The third kappa shape index (κ3) is 3.62. The number of carbonyl (C=O) groups is 1. The van der Waals surface area contributed by atoms with Crippen molar-refractivity contribution in [3.05, 3.63) is 34.6 Å². The first-order valence-electron chi connectivity index (χ1n) is 8.00. The zero-order valence-electron chi connectivity index (χ0n) is 13.9. The number of rotatable bonds is 5. The van der Waals surface area contributed by atoms with Crippen LogP contribution in [0.5, 0.6) is 0 Å². The molecular weight excluding hydrogens is 326 g/mol. The summed E-state index contributed by atoms with van der Waals surface area (Å²) in [4.78, 5) is 30.9. The molecule has 0 aliphatic carbocycles. The molecule has 0 N–H and O–H groups in total. The second-order valence-electron chi connectivity index (χ2n) is 6.04. The molecule has 1 aromatic heterocycles. The van der Waals surface area contributed by atoms with Crippen molar-refractivity contribution >= 4 is 28.6 Å². The molecule has 0 spiro atoms. The van der Waals surface area contributed by atoms with Crippen molar-refractivity contribution in [2.45, 2.75) is 30.6 Å². The Morgan fingerprint density at radius 2 is 2.21 bits per heavy atom. The Labute approximate surface area is 144 Å². The van der Waals surface area contributed by atoms with E-state index < -0.39 is 0 Å².